The molecule has 3 aromatic rings. The van der Waals surface area contributed by atoms with Gasteiger partial charge in [0.15, 0.2) is 0 Å². The molecule has 1 atom stereocenters. The van der Waals surface area contributed by atoms with E-state index in [1.54, 1.807) is 24.3 Å². The number of rotatable bonds is 2. The summed E-state index contributed by atoms with van der Waals surface area (Å²) in [4.78, 5) is 12.2. The van der Waals surface area contributed by atoms with Gasteiger partial charge in [-0.15, -0.1) is 0 Å². The first kappa shape index (κ1) is 17.0. The molecule has 3 N–H and O–H groups in total. The average Bonchev–Trinajstić information content (AvgIpc) is 2.95. The zero-order chi connectivity index (χ0) is 19.2. The van der Waals surface area contributed by atoms with Crippen molar-refractivity contribution in [2.45, 2.75) is 11.7 Å². The van der Waals surface area contributed by atoms with Crippen LogP contribution in [0, 0.1) is 0 Å². The molecule has 0 aliphatic carbocycles. The Morgan fingerprint density at radius 1 is 0.926 bits per heavy atom. The highest BCUT2D eigenvalue weighted by atomic mass is 19.4. The molecule has 0 fully saturated rings. The molecular formula is C19H13F3N4O. The number of nitrogens with zero attached hydrogens (tertiary/aromatic N) is 3. The SMILES string of the molecule is NC1=NC(c2cccc(O)c2)(c2ccnc(C(F)(F)F)c2)c2cccnc21. The molecule has 0 saturated heterocycles. The summed E-state index contributed by atoms with van der Waals surface area (Å²) < 4.78 is 39.7. The lowest BCUT2D eigenvalue weighted by atomic mass is 9.78. The van der Waals surface area contributed by atoms with Gasteiger partial charge in [0.2, 0.25) is 0 Å². The second kappa shape index (κ2) is 5.80. The molecule has 8 heteroatoms. The lowest BCUT2D eigenvalue weighted by Crippen LogP contribution is -2.26. The number of nitrogens with two attached hydrogens (primary N) is 1. The number of phenolic OH excluding ortho intramolecular Hbond substituents is 1. The summed E-state index contributed by atoms with van der Waals surface area (Å²) in [5.41, 5.74) is 5.27. The van der Waals surface area contributed by atoms with Gasteiger partial charge in [-0.05, 0) is 41.5 Å². The van der Waals surface area contributed by atoms with Crippen molar-refractivity contribution in [1.82, 2.24) is 9.97 Å². The Morgan fingerprint density at radius 2 is 1.70 bits per heavy atom. The van der Waals surface area contributed by atoms with Gasteiger partial charge in [-0.3, -0.25) is 9.97 Å². The third-order valence-corrected chi connectivity index (χ3v) is 4.46. The van der Waals surface area contributed by atoms with Crippen molar-refractivity contribution < 1.29 is 18.3 Å². The van der Waals surface area contributed by atoms with E-state index in [1.807, 2.05) is 0 Å². The fourth-order valence-electron chi connectivity index (χ4n) is 3.34. The molecule has 1 aromatic carbocycles. The summed E-state index contributed by atoms with van der Waals surface area (Å²) in [7, 11) is 0. The smallest absolute Gasteiger partial charge is 0.433 e. The van der Waals surface area contributed by atoms with Crippen LogP contribution in [0.5, 0.6) is 5.75 Å². The van der Waals surface area contributed by atoms with Gasteiger partial charge in [-0.25, -0.2) is 4.99 Å². The largest absolute Gasteiger partial charge is 0.508 e. The zero-order valence-electron chi connectivity index (χ0n) is 13.8. The maximum Gasteiger partial charge on any atom is 0.433 e. The molecule has 0 saturated carbocycles. The van der Waals surface area contributed by atoms with Crippen LogP contribution in [0.15, 0.2) is 65.9 Å². The van der Waals surface area contributed by atoms with Gasteiger partial charge >= 0.3 is 6.18 Å². The molecule has 0 bridgehead atoms. The number of amidine groups is 1. The van der Waals surface area contributed by atoms with Crippen molar-refractivity contribution in [3.05, 3.63) is 89.0 Å². The number of aromatic hydroxyl groups is 1. The number of aliphatic imine (C=N–C) groups is 1. The van der Waals surface area contributed by atoms with Crippen molar-refractivity contribution >= 4 is 5.84 Å². The highest BCUT2D eigenvalue weighted by Gasteiger charge is 2.45. The number of aromatic nitrogens is 2. The van der Waals surface area contributed by atoms with Crippen molar-refractivity contribution in [3.63, 3.8) is 0 Å². The second-order valence-corrected chi connectivity index (χ2v) is 6.08. The minimum absolute atomic E-state index is 0.0388. The molecule has 2 aromatic heterocycles. The predicted octanol–water partition coefficient (Wildman–Crippen LogP) is 3.21. The third kappa shape index (κ3) is 2.61. The van der Waals surface area contributed by atoms with E-state index in [-0.39, 0.29) is 17.1 Å². The number of halogens is 3. The van der Waals surface area contributed by atoms with Crippen molar-refractivity contribution in [2.24, 2.45) is 10.7 Å². The zero-order valence-corrected chi connectivity index (χ0v) is 13.8. The summed E-state index contributed by atoms with van der Waals surface area (Å²) in [5, 5.41) is 9.94. The van der Waals surface area contributed by atoms with Gasteiger partial charge in [0.1, 0.15) is 28.5 Å². The number of hydrogen-bond donors (Lipinski definition) is 2. The van der Waals surface area contributed by atoms with Crippen LogP contribution in [0.2, 0.25) is 0 Å². The number of hydrogen-bond acceptors (Lipinski definition) is 5. The Kier molecular flexibility index (Phi) is 3.66. The fourth-order valence-corrected chi connectivity index (χ4v) is 3.34. The maximum atomic E-state index is 13.2. The second-order valence-electron chi connectivity index (χ2n) is 6.08. The molecule has 1 unspecified atom stereocenters. The van der Waals surface area contributed by atoms with Crippen LogP contribution < -0.4 is 5.73 Å². The number of phenols is 1. The fraction of sp³-hybridized carbons (Fsp3) is 0.105. The number of alkyl halides is 3. The summed E-state index contributed by atoms with van der Waals surface area (Å²) in [6, 6.07) is 12.0. The first-order valence-corrected chi connectivity index (χ1v) is 7.97. The minimum atomic E-state index is -4.61. The van der Waals surface area contributed by atoms with E-state index in [1.165, 1.54) is 24.4 Å². The summed E-state index contributed by atoms with van der Waals surface area (Å²) in [6.07, 6.45) is -1.99. The van der Waals surface area contributed by atoms with Gasteiger partial charge in [0.05, 0.1) is 0 Å². The molecule has 0 amide bonds. The Balaban J connectivity index is 2.06. The number of pyridine rings is 2. The highest BCUT2D eigenvalue weighted by molar-refractivity contribution is 6.01. The Labute approximate surface area is 152 Å². The summed E-state index contributed by atoms with van der Waals surface area (Å²) >= 11 is 0. The maximum absolute atomic E-state index is 13.2. The number of fused-ring (bicyclic) bond motifs is 1. The van der Waals surface area contributed by atoms with Crippen molar-refractivity contribution in [1.29, 1.82) is 0 Å². The van der Waals surface area contributed by atoms with E-state index in [4.69, 9.17) is 5.73 Å². The quantitative estimate of drug-likeness (QED) is 0.726. The summed E-state index contributed by atoms with van der Waals surface area (Å²) in [5.74, 6) is 0.0717. The predicted molar refractivity (Wildman–Crippen MR) is 92.2 cm³/mol. The van der Waals surface area contributed by atoms with Gasteiger partial charge in [-0.2, -0.15) is 13.2 Å². The molecular weight excluding hydrogens is 357 g/mol. The van der Waals surface area contributed by atoms with Crippen molar-refractivity contribution in [3.8, 4) is 5.75 Å². The third-order valence-electron chi connectivity index (χ3n) is 4.46. The highest BCUT2D eigenvalue weighted by Crippen LogP contribution is 2.46. The van der Waals surface area contributed by atoms with Gasteiger partial charge in [0.25, 0.3) is 0 Å². The molecule has 0 spiro atoms. The van der Waals surface area contributed by atoms with Crippen LogP contribution in [-0.2, 0) is 11.7 Å². The topological polar surface area (TPSA) is 84.4 Å². The lowest BCUT2D eigenvalue weighted by molar-refractivity contribution is -0.141. The molecule has 27 heavy (non-hydrogen) atoms. The van der Waals surface area contributed by atoms with Crippen LogP contribution in [0.4, 0.5) is 13.2 Å². The van der Waals surface area contributed by atoms with E-state index in [0.717, 1.165) is 12.3 Å². The molecule has 136 valence electrons. The molecule has 3 heterocycles. The van der Waals surface area contributed by atoms with Crippen LogP contribution in [-0.4, -0.2) is 20.9 Å². The van der Waals surface area contributed by atoms with Crippen LogP contribution in [0.25, 0.3) is 0 Å². The molecule has 4 rings (SSSR count). The standard InChI is InChI=1S/C19H13F3N4O/c20-19(21,22)15-10-12(6-8-24-15)18(11-3-1-4-13(27)9-11)14-5-2-7-25-16(14)17(23)26-18/h1-10,27H,(H2,23,26). The van der Waals surface area contributed by atoms with E-state index >= 15 is 0 Å². The molecule has 5 nitrogen and oxygen atoms in total. The lowest BCUT2D eigenvalue weighted by Gasteiger charge is -2.29. The van der Waals surface area contributed by atoms with Crippen LogP contribution >= 0.6 is 0 Å². The number of benzene rings is 1. The molecule has 1 aliphatic heterocycles. The van der Waals surface area contributed by atoms with Crippen LogP contribution in [0.1, 0.15) is 28.1 Å². The first-order valence-electron chi connectivity index (χ1n) is 7.97. The van der Waals surface area contributed by atoms with E-state index in [2.05, 4.69) is 15.0 Å². The molecule has 1 aliphatic rings. The van der Waals surface area contributed by atoms with Gasteiger partial charge in [0, 0.05) is 18.0 Å². The Bertz CT molecular complexity index is 1060. The average molecular weight is 370 g/mol. The van der Waals surface area contributed by atoms with Gasteiger partial charge in [-0.1, -0.05) is 18.2 Å². The monoisotopic (exact) mass is 370 g/mol. The normalized spacial score (nSPS) is 18.9. The van der Waals surface area contributed by atoms with Gasteiger partial charge < -0.3 is 10.8 Å². The minimum Gasteiger partial charge on any atom is -0.508 e. The van der Waals surface area contributed by atoms with E-state index in [9.17, 15) is 18.3 Å². The Morgan fingerprint density at radius 3 is 2.44 bits per heavy atom. The molecule has 0 radical (unpaired) electrons. The van der Waals surface area contributed by atoms with E-state index < -0.39 is 17.4 Å². The van der Waals surface area contributed by atoms with E-state index in [0.29, 0.717) is 16.8 Å². The van der Waals surface area contributed by atoms with Crippen molar-refractivity contribution in [2.75, 3.05) is 0 Å². The first-order chi connectivity index (χ1) is 12.8. The van der Waals surface area contributed by atoms with Crippen LogP contribution in [0.3, 0.4) is 0 Å². The Hall–Kier alpha value is -3.42. The summed E-state index contributed by atoms with van der Waals surface area (Å²) in [6.45, 7) is 0.